The van der Waals surface area contributed by atoms with Crippen LogP contribution in [-0.4, -0.2) is 37.1 Å². The van der Waals surface area contributed by atoms with Gasteiger partial charge in [-0.15, -0.1) is 0 Å². The van der Waals surface area contributed by atoms with Crippen LogP contribution in [0.25, 0.3) is 0 Å². The highest BCUT2D eigenvalue weighted by Gasteiger charge is 2.19. The lowest BCUT2D eigenvalue weighted by atomic mass is 9.99. The van der Waals surface area contributed by atoms with E-state index >= 15 is 0 Å². The maximum absolute atomic E-state index is 12.3. The molecule has 1 heterocycles. The van der Waals surface area contributed by atoms with E-state index in [-0.39, 0.29) is 23.8 Å². The van der Waals surface area contributed by atoms with Crippen LogP contribution in [-0.2, 0) is 16.1 Å². The van der Waals surface area contributed by atoms with Crippen molar-refractivity contribution >= 4 is 11.8 Å². The molecule has 3 unspecified atom stereocenters. The van der Waals surface area contributed by atoms with Crippen molar-refractivity contribution < 1.29 is 14.3 Å². The van der Waals surface area contributed by atoms with Gasteiger partial charge in [0.1, 0.15) is 0 Å². The largest absolute Gasteiger partial charge is 0.376 e. The van der Waals surface area contributed by atoms with Crippen molar-refractivity contribution in [3.63, 3.8) is 0 Å². The molecule has 0 spiro atoms. The second kappa shape index (κ2) is 9.53. The number of hydrogen-bond donors (Lipinski definition) is 3. The molecular weight excluding hydrogens is 318 g/mol. The van der Waals surface area contributed by atoms with Gasteiger partial charge in [-0.2, -0.15) is 0 Å². The van der Waals surface area contributed by atoms with Gasteiger partial charge in [-0.05, 0) is 36.5 Å². The van der Waals surface area contributed by atoms with E-state index in [2.05, 4.69) is 10.6 Å². The predicted octanol–water partition coefficient (Wildman–Crippen LogP) is 1.58. The maximum atomic E-state index is 12.3. The summed E-state index contributed by atoms with van der Waals surface area (Å²) in [5, 5.41) is 5.74. The Morgan fingerprint density at radius 2 is 2.16 bits per heavy atom. The summed E-state index contributed by atoms with van der Waals surface area (Å²) in [4.78, 5) is 24.3. The SMILES string of the molecule is CCC(C)C(N)C(=O)NCc1cccc(C(=O)NCC2CCCO2)c1. The summed E-state index contributed by atoms with van der Waals surface area (Å²) in [7, 11) is 0. The Labute approximate surface area is 149 Å². The predicted molar refractivity (Wildman–Crippen MR) is 97.0 cm³/mol. The van der Waals surface area contributed by atoms with Gasteiger partial charge in [-0.1, -0.05) is 32.4 Å². The first-order valence-electron chi connectivity index (χ1n) is 9.03. The van der Waals surface area contributed by atoms with Crippen molar-refractivity contribution in [2.45, 2.75) is 51.8 Å². The average Bonchev–Trinajstić information content (AvgIpc) is 3.16. The lowest BCUT2D eigenvalue weighted by molar-refractivity contribution is -0.123. The summed E-state index contributed by atoms with van der Waals surface area (Å²) in [5.74, 6) is -0.155. The summed E-state index contributed by atoms with van der Waals surface area (Å²) in [6, 6.07) is 6.74. The molecule has 1 aromatic carbocycles. The molecule has 1 aliphatic rings. The monoisotopic (exact) mass is 347 g/mol. The molecule has 6 heteroatoms. The highest BCUT2D eigenvalue weighted by molar-refractivity contribution is 5.94. The zero-order valence-electron chi connectivity index (χ0n) is 15.1. The minimum absolute atomic E-state index is 0.119. The molecule has 0 radical (unpaired) electrons. The molecular formula is C19H29N3O3. The Kier molecular flexibility index (Phi) is 7.40. The lowest BCUT2D eigenvalue weighted by Gasteiger charge is -2.17. The van der Waals surface area contributed by atoms with Gasteiger partial charge in [0.2, 0.25) is 5.91 Å². The van der Waals surface area contributed by atoms with Crippen molar-refractivity contribution in [3.8, 4) is 0 Å². The van der Waals surface area contributed by atoms with Crippen LogP contribution >= 0.6 is 0 Å². The van der Waals surface area contributed by atoms with E-state index in [0.717, 1.165) is 31.4 Å². The van der Waals surface area contributed by atoms with E-state index in [1.807, 2.05) is 26.0 Å². The number of amides is 2. The first kappa shape index (κ1) is 19.4. The van der Waals surface area contributed by atoms with E-state index in [1.165, 1.54) is 0 Å². The van der Waals surface area contributed by atoms with E-state index < -0.39 is 6.04 Å². The first-order chi connectivity index (χ1) is 12.0. The standard InChI is InChI=1S/C19H29N3O3/c1-3-13(2)17(20)19(24)21-11-14-6-4-7-15(10-14)18(23)22-12-16-8-5-9-25-16/h4,6-7,10,13,16-17H,3,5,8-9,11-12,20H2,1-2H3,(H,21,24)(H,22,23). The number of rotatable bonds is 8. The lowest BCUT2D eigenvalue weighted by Crippen LogP contribution is -2.44. The highest BCUT2D eigenvalue weighted by Crippen LogP contribution is 2.11. The summed E-state index contributed by atoms with van der Waals surface area (Å²) in [5.41, 5.74) is 7.37. The molecule has 138 valence electrons. The topological polar surface area (TPSA) is 93.5 Å². The van der Waals surface area contributed by atoms with E-state index in [0.29, 0.717) is 18.7 Å². The summed E-state index contributed by atoms with van der Waals surface area (Å²) in [6.45, 7) is 5.63. The highest BCUT2D eigenvalue weighted by atomic mass is 16.5. The van der Waals surface area contributed by atoms with Crippen LogP contribution in [0.15, 0.2) is 24.3 Å². The van der Waals surface area contributed by atoms with Crippen LogP contribution in [0, 0.1) is 5.92 Å². The van der Waals surface area contributed by atoms with Crippen molar-refractivity contribution in [2.24, 2.45) is 11.7 Å². The van der Waals surface area contributed by atoms with Gasteiger partial charge in [0.05, 0.1) is 12.1 Å². The van der Waals surface area contributed by atoms with Crippen LogP contribution < -0.4 is 16.4 Å². The normalized spacial score (nSPS) is 19.2. The van der Waals surface area contributed by atoms with Gasteiger partial charge >= 0.3 is 0 Å². The second-order valence-corrected chi connectivity index (χ2v) is 6.67. The quantitative estimate of drug-likeness (QED) is 0.666. The number of nitrogens with two attached hydrogens (primary N) is 1. The van der Waals surface area contributed by atoms with Gasteiger partial charge in [0, 0.05) is 25.3 Å². The van der Waals surface area contributed by atoms with Gasteiger partial charge in [-0.3, -0.25) is 9.59 Å². The summed E-state index contributed by atoms with van der Waals surface area (Å²) in [6.07, 6.45) is 3.01. The number of hydrogen-bond acceptors (Lipinski definition) is 4. The Morgan fingerprint density at radius 3 is 2.84 bits per heavy atom. The molecule has 2 amide bonds. The Morgan fingerprint density at radius 1 is 1.36 bits per heavy atom. The molecule has 25 heavy (non-hydrogen) atoms. The van der Waals surface area contributed by atoms with Crippen molar-refractivity contribution in [2.75, 3.05) is 13.2 Å². The van der Waals surface area contributed by atoms with Crippen LogP contribution in [0.4, 0.5) is 0 Å². The number of nitrogens with one attached hydrogen (secondary N) is 2. The molecule has 0 aliphatic carbocycles. The second-order valence-electron chi connectivity index (χ2n) is 6.67. The van der Waals surface area contributed by atoms with Crippen molar-refractivity contribution in [3.05, 3.63) is 35.4 Å². The minimum atomic E-state index is -0.511. The molecule has 4 N–H and O–H groups in total. The molecule has 0 bridgehead atoms. The molecule has 1 aromatic rings. The van der Waals surface area contributed by atoms with Gasteiger partial charge in [0.15, 0.2) is 0 Å². The van der Waals surface area contributed by atoms with Gasteiger partial charge < -0.3 is 21.1 Å². The fourth-order valence-electron chi connectivity index (χ4n) is 2.76. The zero-order chi connectivity index (χ0) is 18.2. The van der Waals surface area contributed by atoms with Crippen LogP contribution in [0.1, 0.15) is 49.0 Å². The number of carbonyl (C=O) groups excluding carboxylic acids is 2. The Bertz CT molecular complexity index is 585. The van der Waals surface area contributed by atoms with Gasteiger partial charge in [-0.25, -0.2) is 0 Å². The van der Waals surface area contributed by atoms with E-state index in [9.17, 15) is 9.59 Å². The molecule has 0 aromatic heterocycles. The molecule has 1 saturated heterocycles. The third kappa shape index (κ3) is 5.83. The first-order valence-corrected chi connectivity index (χ1v) is 9.03. The van der Waals surface area contributed by atoms with Crippen molar-refractivity contribution in [1.29, 1.82) is 0 Å². The van der Waals surface area contributed by atoms with Crippen LogP contribution in [0.2, 0.25) is 0 Å². The zero-order valence-corrected chi connectivity index (χ0v) is 15.1. The maximum Gasteiger partial charge on any atom is 0.251 e. The molecule has 3 atom stereocenters. The summed E-state index contributed by atoms with van der Waals surface area (Å²) < 4.78 is 5.50. The Balaban J connectivity index is 1.85. The third-order valence-electron chi connectivity index (χ3n) is 4.73. The Hall–Kier alpha value is -1.92. The van der Waals surface area contributed by atoms with Crippen molar-refractivity contribution in [1.82, 2.24) is 10.6 Å². The molecule has 2 rings (SSSR count). The number of benzene rings is 1. The molecule has 6 nitrogen and oxygen atoms in total. The number of carbonyl (C=O) groups is 2. The van der Waals surface area contributed by atoms with Gasteiger partial charge in [0.25, 0.3) is 5.91 Å². The minimum Gasteiger partial charge on any atom is -0.376 e. The smallest absolute Gasteiger partial charge is 0.251 e. The van der Waals surface area contributed by atoms with Crippen LogP contribution in [0.5, 0.6) is 0 Å². The number of ether oxygens (including phenoxy) is 1. The third-order valence-corrected chi connectivity index (χ3v) is 4.73. The fraction of sp³-hybridized carbons (Fsp3) is 0.579. The average molecular weight is 347 g/mol. The molecule has 1 aliphatic heterocycles. The molecule has 0 saturated carbocycles. The van der Waals surface area contributed by atoms with E-state index in [1.54, 1.807) is 12.1 Å². The fourth-order valence-corrected chi connectivity index (χ4v) is 2.76. The molecule has 1 fully saturated rings. The van der Waals surface area contributed by atoms with E-state index in [4.69, 9.17) is 10.5 Å². The summed E-state index contributed by atoms with van der Waals surface area (Å²) >= 11 is 0. The van der Waals surface area contributed by atoms with Crippen LogP contribution in [0.3, 0.4) is 0 Å².